The Hall–Kier alpha value is -3.00. The van der Waals surface area contributed by atoms with Gasteiger partial charge in [0.1, 0.15) is 17.1 Å². The summed E-state index contributed by atoms with van der Waals surface area (Å²) in [6.07, 6.45) is 0. The van der Waals surface area contributed by atoms with Gasteiger partial charge in [0.15, 0.2) is 6.61 Å². The summed E-state index contributed by atoms with van der Waals surface area (Å²) in [4.78, 5) is 34.0. The number of amides is 1. The number of anilines is 1. The van der Waals surface area contributed by atoms with Gasteiger partial charge in [-0.25, -0.2) is 9.18 Å². The second-order valence-corrected chi connectivity index (χ2v) is 5.41. The standard InChI is InChI=1S/C16H12ClFN2O5/c1-9-5-6-12(13(7-9)20(23)24)19-14(21)8-25-16(22)15-10(17)3-2-4-11(15)18/h2-7H,8H2,1H3,(H,19,21). The lowest BCUT2D eigenvalue weighted by Crippen LogP contribution is -2.22. The van der Waals surface area contributed by atoms with E-state index in [0.717, 1.165) is 6.07 Å². The quantitative estimate of drug-likeness (QED) is 0.496. The second kappa shape index (κ2) is 7.71. The minimum Gasteiger partial charge on any atom is -0.452 e. The van der Waals surface area contributed by atoms with E-state index in [2.05, 4.69) is 5.32 Å². The number of esters is 1. The lowest BCUT2D eigenvalue weighted by Gasteiger charge is -2.08. The molecule has 2 aromatic carbocycles. The molecule has 2 aromatic rings. The van der Waals surface area contributed by atoms with Gasteiger partial charge in [-0.2, -0.15) is 0 Å². The third-order valence-corrected chi connectivity index (χ3v) is 3.44. The molecule has 9 heteroatoms. The van der Waals surface area contributed by atoms with Gasteiger partial charge in [-0.3, -0.25) is 14.9 Å². The van der Waals surface area contributed by atoms with Gasteiger partial charge in [-0.15, -0.1) is 0 Å². The zero-order chi connectivity index (χ0) is 18.6. The van der Waals surface area contributed by atoms with Crippen molar-refractivity contribution in [1.82, 2.24) is 0 Å². The molecule has 0 bridgehead atoms. The summed E-state index contributed by atoms with van der Waals surface area (Å²) in [6, 6.07) is 7.88. The molecule has 0 saturated carbocycles. The van der Waals surface area contributed by atoms with Crippen molar-refractivity contribution in [3.05, 3.63) is 68.5 Å². The molecule has 0 aliphatic heterocycles. The molecule has 1 amide bonds. The molecule has 0 radical (unpaired) electrons. The fourth-order valence-electron chi connectivity index (χ4n) is 1.98. The van der Waals surface area contributed by atoms with Gasteiger partial charge >= 0.3 is 5.97 Å². The van der Waals surface area contributed by atoms with Crippen LogP contribution in [0.3, 0.4) is 0 Å². The summed E-state index contributed by atoms with van der Waals surface area (Å²) in [5.74, 6) is -2.81. The number of ether oxygens (including phenoxy) is 1. The maximum atomic E-state index is 13.6. The highest BCUT2D eigenvalue weighted by Gasteiger charge is 2.20. The zero-order valence-corrected chi connectivity index (χ0v) is 13.7. The Balaban J connectivity index is 2.04. The number of nitro benzene ring substituents is 1. The summed E-state index contributed by atoms with van der Waals surface area (Å²) in [6.45, 7) is 0.910. The van der Waals surface area contributed by atoms with Crippen LogP contribution in [-0.4, -0.2) is 23.4 Å². The van der Waals surface area contributed by atoms with Crippen LogP contribution in [0.4, 0.5) is 15.8 Å². The van der Waals surface area contributed by atoms with Crippen LogP contribution in [0.15, 0.2) is 36.4 Å². The predicted octanol–water partition coefficient (Wildman–Crippen LogP) is 3.49. The topological polar surface area (TPSA) is 98.5 Å². The first kappa shape index (κ1) is 18.3. The molecule has 0 atom stereocenters. The van der Waals surface area contributed by atoms with E-state index in [9.17, 15) is 24.1 Å². The molecular formula is C16H12ClFN2O5. The SMILES string of the molecule is Cc1ccc(NC(=O)COC(=O)c2c(F)cccc2Cl)c([N+](=O)[O-])c1. The van der Waals surface area contributed by atoms with Gasteiger partial charge in [0, 0.05) is 6.07 Å². The molecule has 0 unspecified atom stereocenters. The van der Waals surface area contributed by atoms with Crippen LogP contribution in [-0.2, 0) is 9.53 Å². The van der Waals surface area contributed by atoms with E-state index in [1.165, 1.54) is 24.3 Å². The van der Waals surface area contributed by atoms with Crippen LogP contribution in [0.25, 0.3) is 0 Å². The number of nitrogens with zero attached hydrogens (tertiary/aromatic N) is 1. The molecule has 0 heterocycles. The smallest absolute Gasteiger partial charge is 0.343 e. The van der Waals surface area contributed by atoms with Crippen LogP contribution < -0.4 is 5.32 Å². The van der Waals surface area contributed by atoms with Crippen LogP contribution in [0.2, 0.25) is 5.02 Å². The van der Waals surface area contributed by atoms with E-state index in [4.69, 9.17) is 16.3 Å². The number of carbonyl (C=O) groups excluding carboxylic acids is 2. The first-order valence-electron chi connectivity index (χ1n) is 6.95. The molecule has 0 saturated heterocycles. The highest BCUT2D eigenvalue weighted by Crippen LogP contribution is 2.25. The van der Waals surface area contributed by atoms with Gasteiger partial charge in [0.2, 0.25) is 0 Å². The third-order valence-electron chi connectivity index (χ3n) is 3.13. The Morgan fingerprint density at radius 1 is 1.32 bits per heavy atom. The Morgan fingerprint density at radius 2 is 2.04 bits per heavy atom. The number of hydrogen-bond acceptors (Lipinski definition) is 5. The van der Waals surface area contributed by atoms with Gasteiger partial charge in [0.05, 0.1) is 9.95 Å². The average molecular weight is 367 g/mol. The van der Waals surface area contributed by atoms with Gasteiger partial charge in [0.25, 0.3) is 11.6 Å². The van der Waals surface area contributed by atoms with Crippen LogP contribution >= 0.6 is 11.6 Å². The van der Waals surface area contributed by atoms with E-state index < -0.39 is 34.8 Å². The minimum atomic E-state index is -1.11. The minimum absolute atomic E-state index is 0.0411. The summed E-state index contributed by atoms with van der Waals surface area (Å²) in [5, 5.41) is 13.1. The number of halogens is 2. The van der Waals surface area contributed by atoms with Crippen molar-refractivity contribution >= 4 is 34.9 Å². The van der Waals surface area contributed by atoms with Crippen molar-refractivity contribution in [2.75, 3.05) is 11.9 Å². The number of rotatable bonds is 5. The highest BCUT2D eigenvalue weighted by atomic mass is 35.5. The van der Waals surface area contributed by atoms with Crippen LogP contribution in [0.1, 0.15) is 15.9 Å². The number of carbonyl (C=O) groups is 2. The van der Waals surface area contributed by atoms with E-state index in [0.29, 0.717) is 5.56 Å². The number of hydrogen-bond donors (Lipinski definition) is 1. The van der Waals surface area contributed by atoms with Crippen molar-refractivity contribution in [3.8, 4) is 0 Å². The highest BCUT2D eigenvalue weighted by molar-refractivity contribution is 6.33. The first-order valence-corrected chi connectivity index (χ1v) is 7.33. The lowest BCUT2D eigenvalue weighted by atomic mass is 10.2. The second-order valence-electron chi connectivity index (χ2n) is 5.00. The van der Waals surface area contributed by atoms with Gasteiger partial charge in [-0.1, -0.05) is 23.7 Å². The molecule has 2 rings (SSSR count). The summed E-state index contributed by atoms with van der Waals surface area (Å²) in [5.41, 5.74) is -0.180. The number of benzene rings is 2. The summed E-state index contributed by atoms with van der Waals surface area (Å²) in [7, 11) is 0. The Morgan fingerprint density at radius 3 is 2.68 bits per heavy atom. The molecular weight excluding hydrogens is 355 g/mol. The van der Waals surface area contributed by atoms with E-state index >= 15 is 0 Å². The predicted molar refractivity (Wildman–Crippen MR) is 88.2 cm³/mol. The zero-order valence-electron chi connectivity index (χ0n) is 12.9. The van der Waals surface area contributed by atoms with Crippen molar-refractivity contribution < 1.29 is 23.6 Å². The van der Waals surface area contributed by atoms with Crippen LogP contribution in [0, 0.1) is 22.9 Å². The van der Waals surface area contributed by atoms with Crippen molar-refractivity contribution in [3.63, 3.8) is 0 Å². The number of nitrogens with one attached hydrogen (secondary N) is 1. The van der Waals surface area contributed by atoms with Gasteiger partial charge in [-0.05, 0) is 30.7 Å². The van der Waals surface area contributed by atoms with Crippen LogP contribution in [0.5, 0.6) is 0 Å². The third kappa shape index (κ3) is 4.51. The molecule has 0 spiro atoms. The Labute approximate surface area is 146 Å². The van der Waals surface area contributed by atoms with Crippen molar-refractivity contribution in [2.45, 2.75) is 6.92 Å². The largest absolute Gasteiger partial charge is 0.452 e. The maximum absolute atomic E-state index is 13.6. The molecule has 25 heavy (non-hydrogen) atoms. The average Bonchev–Trinajstić information content (AvgIpc) is 2.54. The molecule has 0 aliphatic carbocycles. The van der Waals surface area contributed by atoms with E-state index in [-0.39, 0.29) is 16.4 Å². The Bertz CT molecular complexity index is 836. The molecule has 0 aromatic heterocycles. The lowest BCUT2D eigenvalue weighted by molar-refractivity contribution is -0.384. The molecule has 0 fully saturated rings. The molecule has 130 valence electrons. The van der Waals surface area contributed by atoms with Crippen molar-refractivity contribution in [2.24, 2.45) is 0 Å². The molecule has 0 aliphatic rings. The van der Waals surface area contributed by atoms with E-state index in [1.807, 2.05) is 0 Å². The van der Waals surface area contributed by atoms with E-state index in [1.54, 1.807) is 13.0 Å². The normalized spacial score (nSPS) is 10.2. The Kier molecular flexibility index (Phi) is 5.66. The monoisotopic (exact) mass is 366 g/mol. The van der Waals surface area contributed by atoms with Crippen molar-refractivity contribution in [1.29, 1.82) is 0 Å². The molecule has 1 N–H and O–H groups in total. The fraction of sp³-hybridized carbons (Fsp3) is 0.125. The fourth-order valence-corrected chi connectivity index (χ4v) is 2.22. The number of aryl methyl sites for hydroxylation is 1. The first-order chi connectivity index (χ1) is 11.8. The number of nitro groups is 1. The summed E-state index contributed by atoms with van der Waals surface area (Å²) < 4.78 is 18.3. The summed E-state index contributed by atoms with van der Waals surface area (Å²) >= 11 is 5.72. The van der Waals surface area contributed by atoms with Gasteiger partial charge < -0.3 is 10.1 Å². The maximum Gasteiger partial charge on any atom is 0.343 e. The molecule has 7 nitrogen and oxygen atoms in total.